The summed E-state index contributed by atoms with van der Waals surface area (Å²) in [7, 11) is 0. The molecule has 1 rings (SSSR count). The number of carboxylic acid groups (broad SMARTS) is 1. The number of amides is 4. The number of carbonyl (C=O) groups excluding carboxylic acids is 4. The molecule has 204 valence electrons. The maximum absolute atomic E-state index is 13.1. The lowest BCUT2D eigenvalue weighted by atomic mass is 10.0. The molecule has 11 N–H and O–H groups in total. The number of nitrogens with two attached hydrogens (primary N) is 4. The van der Waals surface area contributed by atoms with Crippen molar-refractivity contribution in [1.29, 1.82) is 0 Å². The number of aliphatic carboxylic acids is 1. The number of rotatable bonds is 15. The second kappa shape index (κ2) is 14.9. The van der Waals surface area contributed by atoms with Gasteiger partial charge in [-0.3, -0.25) is 24.2 Å². The Hall–Kier alpha value is -3.42. The third-order valence-electron chi connectivity index (χ3n) is 5.76. The first-order chi connectivity index (χ1) is 16.8. The summed E-state index contributed by atoms with van der Waals surface area (Å²) in [4.78, 5) is 66.6. The zero-order valence-corrected chi connectivity index (χ0v) is 20.9. The van der Waals surface area contributed by atoms with E-state index in [-0.39, 0.29) is 44.1 Å². The molecule has 36 heavy (non-hydrogen) atoms. The minimum Gasteiger partial charge on any atom is -0.480 e. The van der Waals surface area contributed by atoms with E-state index in [1.54, 1.807) is 0 Å². The maximum Gasteiger partial charge on any atom is 0.326 e. The van der Waals surface area contributed by atoms with Crippen molar-refractivity contribution in [1.82, 2.24) is 15.5 Å². The van der Waals surface area contributed by atoms with Gasteiger partial charge in [-0.05, 0) is 44.4 Å². The van der Waals surface area contributed by atoms with Gasteiger partial charge in [0.05, 0.1) is 6.04 Å². The lowest BCUT2D eigenvalue weighted by Gasteiger charge is -2.29. The van der Waals surface area contributed by atoms with Gasteiger partial charge in [0.2, 0.25) is 23.6 Å². The molecule has 1 aliphatic rings. The number of nitrogens with zero attached hydrogens (tertiary/aromatic N) is 2. The monoisotopic (exact) mass is 512 g/mol. The minimum atomic E-state index is -1.22. The number of hydrogen-bond donors (Lipinski definition) is 7. The Morgan fingerprint density at radius 3 is 2.28 bits per heavy atom. The largest absolute Gasteiger partial charge is 0.480 e. The van der Waals surface area contributed by atoms with Crippen LogP contribution in [0.2, 0.25) is 0 Å². The predicted molar refractivity (Wildman–Crippen MR) is 132 cm³/mol. The van der Waals surface area contributed by atoms with Gasteiger partial charge in [-0.1, -0.05) is 13.8 Å². The smallest absolute Gasteiger partial charge is 0.326 e. The molecule has 1 aliphatic heterocycles. The number of likely N-dealkylation sites (tertiary alicyclic amines) is 1. The van der Waals surface area contributed by atoms with E-state index in [0.29, 0.717) is 25.8 Å². The SMILES string of the molecule is CC(C)CC(NC(=O)C1CCCN1C(=O)C(N)CCC(N)=O)C(=O)NC(CCCN=C(N)N)C(=O)O. The van der Waals surface area contributed by atoms with Crippen molar-refractivity contribution in [3.63, 3.8) is 0 Å². The lowest BCUT2D eigenvalue weighted by Crippen LogP contribution is -2.56. The zero-order valence-electron chi connectivity index (χ0n) is 20.9. The van der Waals surface area contributed by atoms with E-state index in [4.69, 9.17) is 22.9 Å². The first-order valence-electron chi connectivity index (χ1n) is 12.1. The second-order valence-electron chi connectivity index (χ2n) is 9.34. The standard InChI is InChI=1S/C22H40N8O6/c1-12(2)11-15(18(32)28-14(21(35)36)5-3-9-27-22(25)26)29-19(33)16-6-4-10-30(16)20(34)13(23)7-8-17(24)31/h12-16H,3-11,23H2,1-2H3,(H2,24,31)(H,28,32)(H,29,33)(H,35,36)(H4,25,26,27). The Labute approximate surface area is 210 Å². The molecule has 0 aromatic carbocycles. The number of primary amides is 1. The fraction of sp³-hybridized carbons (Fsp3) is 0.727. The van der Waals surface area contributed by atoms with Crippen molar-refractivity contribution >= 4 is 35.6 Å². The van der Waals surface area contributed by atoms with Crippen LogP contribution in [0.1, 0.15) is 58.8 Å². The van der Waals surface area contributed by atoms with Gasteiger partial charge in [-0.15, -0.1) is 0 Å². The van der Waals surface area contributed by atoms with E-state index in [2.05, 4.69) is 15.6 Å². The molecule has 0 radical (unpaired) electrons. The summed E-state index contributed by atoms with van der Waals surface area (Å²) in [6, 6.07) is -3.99. The average molecular weight is 513 g/mol. The second-order valence-corrected chi connectivity index (χ2v) is 9.34. The number of aliphatic imine (C=N–C) groups is 1. The normalized spacial score (nSPS) is 17.7. The molecule has 0 saturated carbocycles. The van der Waals surface area contributed by atoms with E-state index in [0.717, 1.165) is 0 Å². The van der Waals surface area contributed by atoms with Crippen molar-refractivity contribution in [2.45, 2.75) is 83.0 Å². The Balaban J connectivity index is 2.86. The van der Waals surface area contributed by atoms with Crippen LogP contribution >= 0.6 is 0 Å². The summed E-state index contributed by atoms with van der Waals surface area (Å²) in [6.07, 6.45) is 1.65. The Morgan fingerprint density at radius 2 is 1.72 bits per heavy atom. The molecule has 14 nitrogen and oxygen atoms in total. The molecule has 4 unspecified atom stereocenters. The van der Waals surface area contributed by atoms with Crippen molar-refractivity contribution in [3.05, 3.63) is 0 Å². The molecule has 14 heteroatoms. The van der Waals surface area contributed by atoms with Gasteiger partial charge >= 0.3 is 5.97 Å². The van der Waals surface area contributed by atoms with Crippen LogP contribution in [-0.4, -0.2) is 82.8 Å². The summed E-state index contributed by atoms with van der Waals surface area (Å²) >= 11 is 0. The fourth-order valence-corrected chi connectivity index (χ4v) is 3.94. The van der Waals surface area contributed by atoms with Crippen LogP contribution in [0, 0.1) is 5.92 Å². The van der Waals surface area contributed by atoms with Gasteiger partial charge in [-0.25, -0.2) is 4.79 Å². The lowest BCUT2D eigenvalue weighted by molar-refractivity contribution is -0.143. The number of nitrogens with one attached hydrogen (secondary N) is 2. The topological polar surface area (TPSA) is 249 Å². The van der Waals surface area contributed by atoms with E-state index in [1.165, 1.54) is 4.90 Å². The molecular formula is C22H40N8O6. The highest BCUT2D eigenvalue weighted by molar-refractivity contribution is 5.94. The number of carboxylic acids is 1. The summed E-state index contributed by atoms with van der Waals surface area (Å²) < 4.78 is 0. The summed E-state index contributed by atoms with van der Waals surface area (Å²) in [5.74, 6) is -3.53. The number of carbonyl (C=O) groups is 5. The van der Waals surface area contributed by atoms with Gasteiger partial charge in [-0.2, -0.15) is 0 Å². The average Bonchev–Trinajstić information content (AvgIpc) is 3.27. The van der Waals surface area contributed by atoms with Gasteiger partial charge in [0.15, 0.2) is 5.96 Å². The van der Waals surface area contributed by atoms with Gasteiger partial charge < -0.3 is 43.6 Å². The number of hydrogen-bond acceptors (Lipinski definition) is 7. The third-order valence-corrected chi connectivity index (χ3v) is 5.76. The van der Waals surface area contributed by atoms with Crippen LogP contribution in [0.25, 0.3) is 0 Å². The minimum absolute atomic E-state index is 0.00901. The van der Waals surface area contributed by atoms with Crippen LogP contribution in [0.15, 0.2) is 4.99 Å². The Kier molecular flexibility index (Phi) is 12.6. The molecule has 4 amide bonds. The van der Waals surface area contributed by atoms with E-state index >= 15 is 0 Å². The van der Waals surface area contributed by atoms with Crippen molar-refractivity contribution in [2.24, 2.45) is 33.8 Å². The first kappa shape index (κ1) is 30.6. The third kappa shape index (κ3) is 10.5. The van der Waals surface area contributed by atoms with Crippen LogP contribution in [0.4, 0.5) is 0 Å². The van der Waals surface area contributed by atoms with E-state index < -0.39 is 53.8 Å². The molecule has 1 fully saturated rings. The zero-order chi connectivity index (χ0) is 27.4. The fourth-order valence-electron chi connectivity index (χ4n) is 3.94. The van der Waals surface area contributed by atoms with E-state index in [9.17, 15) is 29.1 Å². The molecule has 0 bridgehead atoms. The first-order valence-corrected chi connectivity index (χ1v) is 12.1. The van der Waals surface area contributed by atoms with Crippen LogP contribution < -0.4 is 33.6 Å². The van der Waals surface area contributed by atoms with Crippen molar-refractivity contribution < 1.29 is 29.1 Å². The molecule has 0 aromatic heterocycles. The molecule has 0 aliphatic carbocycles. The van der Waals surface area contributed by atoms with Crippen LogP contribution in [-0.2, 0) is 24.0 Å². The van der Waals surface area contributed by atoms with E-state index in [1.807, 2.05) is 13.8 Å². The Bertz CT molecular complexity index is 829. The summed E-state index contributed by atoms with van der Waals surface area (Å²) in [5.41, 5.74) is 21.5. The van der Waals surface area contributed by atoms with Gasteiger partial charge in [0, 0.05) is 19.5 Å². The highest BCUT2D eigenvalue weighted by Crippen LogP contribution is 2.20. The summed E-state index contributed by atoms with van der Waals surface area (Å²) in [5, 5.41) is 14.7. The Morgan fingerprint density at radius 1 is 1.06 bits per heavy atom. The predicted octanol–water partition coefficient (Wildman–Crippen LogP) is -2.28. The van der Waals surface area contributed by atoms with Crippen LogP contribution in [0.3, 0.4) is 0 Å². The van der Waals surface area contributed by atoms with Crippen molar-refractivity contribution in [2.75, 3.05) is 13.1 Å². The highest BCUT2D eigenvalue weighted by Gasteiger charge is 2.38. The quantitative estimate of drug-likeness (QED) is 0.0708. The van der Waals surface area contributed by atoms with Crippen molar-refractivity contribution in [3.8, 4) is 0 Å². The highest BCUT2D eigenvalue weighted by atomic mass is 16.4. The summed E-state index contributed by atoms with van der Waals surface area (Å²) in [6.45, 7) is 4.25. The van der Waals surface area contributed by atoms with Gasteiger partial charge in [0.1, 0.15) is 18.1 Å². The molecule has 1 saturated heterocycles. The van der Waals surface area contributed by atoms with Crippen LogP contribution in [0.5, 0.6) is 0 Å². The maximum atomic E-state index is 13.1. The van der Waals surface area contributed by atoms with Gasteiger partial charge in [0.25, 0.3) is 0 Å². The molecule has 0 spiro atoms. The number of guanidine groups is 1. The molecule has 0 aromatic rings. The molecule has 4 atom stereocenters. The molecule has 1 heterocycles. The molecular weight excluding hydrogens is 472 g/mol.